The minimum absolute atomic E-state index is 0.140. The van der Waals surface area contributed by atoms with Gasteiger partial charge in [-0.2, -0.15) is 11.3 Å². The molecular formula is C13H14BrFN2S. The van der Waals surface area contributed by atoms with Gasteiger partial charge in [-0.25, -0.2) is 4.39 Å². The first-order valence-electron chi connectivity index (χ1n) is 5.60. The summed E-state index contributed by atoms with van der Waals surface area (Å²) in [7, 11) is 0. The van der Waals surface area contributed by atoms with Crippen LogP contribution >= 0.6 is 27.3 Å². The van der Waals surface area contributed by atoms with E-state index in [4.69, 9.17) is 5.84 Å². The van der Waals surface area contributed by atoms with E-state index in [0.29, 0.717) is 0 Å². The number of thiophene rings is 1. The molecule has 0 fully saturated rings. The van der Waals surface area contributed by atoms with Gasteiger partial charge in [-0.1, -0.05) is 22.0 Å². The van der Waals surface area contributed by atoms with Crippen LogP contribution in [0.2, 0.25) is 0 Å². The molecule has 0 amide bonds. The van der Waals surface area contributed by atoms with Gasteiger partial charge in [-0.3, -0.25) is 11.3 Å². The Balaban J connectivity index is 2.05. The zero-order valence-electron chi connectivity index (χ0n) is 9.70. The minimum atomic E-state index is -0.235. The lowest BCUT2D eigenvalue weighted by Gasteiger charge is -2.16. The molecule has 0 aliphatic carbocycles. The quantitative estimate of drug-likeness (QED) is 0.653. The highest BCUT2D eigenvalue weighted by molar-refractivity contribution is 9.10. The molecule has 18 heavy (non-hydrogen) atoms. The molecule has 0 aliphatic rings. The van der Waals surface area contributed by atoms with Crippen molar-refractivity contribution < 1.29 is 4.39 Å². The molecule has 1 atom stereocenters. The third-order valence-electron chi connectivity index (χ3n) is 2.78. The first-order chi connectivity index (χ1) is 8.69. The predicted molar refractivity (Wildman–Crippen MR) is 76.9 cm³/mol. The zero-order valence-corrected chi connectivity index (χ0v) is 12.1. The average molecular weight is 329 g/mol. The Morgan fingerprint density at radius 2 is 2.17 bits per heavy atom. The third kappa shape index (κ3) is 3.62. The van der Waals surface area contributed by atoms with Crippen molar-refractivity contribution in [1.82, 2.24) is 5.43 Å². The molecule has 1 aromatic heterocycles. The Kier molecular flexibility index (Phi) is 4.88. The van der Waals surface area contributed by atoms with Crippen LogP contribution in [0.1, 0.15) is 11.1 Å². The summed E-state index contributed by atoms with van der Waals surface area (Å²) < 4.78 is 13.8. The summed E-state index contributed by atoms with van der Waals surface area (Å²) in [4.78, 5) is 0. The van der Waals surface area contributed by atoms with Gasteiger partial charge in [0.15, 0.2) is 0 Å². The number of hydrazine groups is 1. The Morgan fingerprint density at radius 1 is 1.33 bits per heavy atom. The van der Waals surface area contributed by atoms with E-state index in [1.807, 2.05) is 0 Å². The molecule has 0 saturated heterocycles. The number of hydrogen-bond donors (Lipinski definition) is 2. The molecule has 2 nitrogen and oxygen atoms in total. The molecule has 3 N–H and O–H groups in total. The molecule has 1 unspecified atom stereocenters. The number of benzene rings is 1. The van der Waals surface area contributed by atoms with Crippen molar-refractivity contribution >= 4 is 27.3 Å². The summed E-state index contributed by atoms with van der Waals surface area (Å²) in [5.41, 5.74) is 5.14. The summed E-state index contributed by atoms with van der Waals surface area (Å²) in [5, 5.41) is 4.17. The lowest BCUT2D eigenvalue weighted by atomic mass is 10.0. The van der Waals surface area contributed by atoms with Crippen molar-refractivity contribution in [3.63, 3.8) is 0 Å². The van der Waals surface area contributed by atoms with Crippen molar-refractivity contribution in [1.29, 1.82) is 0 Å². The van der Waals surface area contributed by atoms with E-state index in [1.165, 1.54) is 17.7 Å². The molecule has 0 saturated carbocycles. The number of nitrogens with two attached hydrogens (primary N) is 1. The van der Waals surface area contributed by atoms with Crippen LogP contribution in [0.25, 0.3) is 0 Å². The van der Waals surface area contributed by atoms with E-state index in [9.17, 15) is 4.39 Å². The summed E-state index contributed by atoms with van der Waals surface area (Å²) in [5.74, 6) is 5.35. The van der Waals surface area contributed by atoms with Crippen LogP contribution in [-0.2, 0) is 12.8 Å². The lowest BCUT2D eigenvalue weighted by Crippen LogP contribution is -2.38. The Hall–Kier alpha value is -0.750. The van der Waals surface area contributed by atoms with Crippen LogP contribution < -0.4 is 11.3 Å². The minimum Gasteiger partial charge on any atom is -0.271 e. The van der Waals surface area contributed by atoms with E-state index in [1.54, 1.807) is 17.4 Å². The second kappa shape index (κ2) is 6.43. The van der Waals surface area contributed by atoms with Gasteiger partial charge in [0.1, 0.15) is 5.82 Å². The monoisotopic (exact) mass is 328 g/mol. The average Bonchev–Trinajstić information content (AvgIpc) is 2.84. The van der Waals surface area contributed by atoms with Crippen molar-refractivity contribution in [3.05, 3.63) is 56.4 Å². The van der Waals surface area contributed by atoms with Crippen LogP contribution in [-0.4, -0.2) is 6.04 Å². The summed E-state index contributed by atoms with van der Waals surface area (Å²) in [6, 6.07) is 6.97. The lowest BCUT2D eigenvalue weighted by molar-refractivity contribution is 0.521. The second-order valence-electron chi connectivity index (χ2n) is 4.14. The molecule has 1 heterocycles. The number of hydrogen-bond acceptors (Lipinski definition) is 3. The van der Waals surface area contributed by atoms with E-state index in [0.717, 1.165) is 22.9 Å². The van der Waals surface area contributed by atoms with Crippen molar-refractivity contribution in [2.45, 2.75) is 18.9 Å². The highest BCUT2D eigenvalue weighted by Gasteiger charge is 2.11. The predicted octanol–water partition coefficient (Wildman–Crippen LogP) is 3.27. The van der Waals surface area contributed by atoms with Crippen molar-refractivity contribution in [3.8, 4) is 0 Å². The maximum absolute atomic E-state index is 13.0. The Morgan fingerprint density at radius 3 is 2.78 bits per heavy atom. The summed E-state index contributed by atoms with van der Waals surface area (Å²) in [6.45, 7) is 0. The maximum atomic E-state index is 13.0. The Bertz CT molecular complexity index is 502. The largest absolute Gasteiger partial charge is 0.271 e. The standard InChI is InChI=1S/C13H14BrFN2S/c14-13-7-11(15)2-1-10(13)6-12(17-16)5-9-3-4-18-8-9/h1-4,7-8,12,17H,5-6,16H2. The van der Waals surface area contributed by atoms with Crippen LogP contribution in [0.15, 0.2) is 39.5 Å². The van der Waals surface area contributed by atoms with Gasteiger partial charge in [0.25, 0.3) is 0 Å². The fourth-order valence-electron chi connectivity index (χ4n) is 1.84. The fourth-order valence-corrected chi connectivity index (χ4v) is 3.03. The van der Waals surface area contributed by atoms with Crippen LogP contribution in [0.4, 0.5) is 4.39 Å². The maximum Gasteiger partial charge on any atom is 0.124 e. The van der Waals surface area contributed by atoms with E-state index >= 15 is 0 Å². The first kappa shape index (κ1) is 13.7. The van der Waals surface area contributed by atoms with Crippen LogP contribution in [0, 0.1) is 5.82 Å². The summed E-state index contributed by atoms with van der Waals surface area (Å²) >= 11 is 5.05. The number of rotatable bonds is 5. The fraction of sp³-hybridized carbons (Fsp3) is 0.231. The molecule has 0 radical (unpaired) electrons. The highest BCUT2D eigenvalue weighted by atomic mass is 79.9. The van der Waals surface area contributed by atoms with Crippen molar-refractivity contribution in [2.24, 2.45) is 5.84 Å². The molecule has 96 valence electrons. The van der Waals surface area contributed by atoms with Crippen molar-refractivity contribution in [2.75, 3.05) is 0 Å². The smallest absolute Gasteiger partial charge is 0.124 e. The Labute approximate surface area is 118 Å². The number of halogens is 2. The summed E-state index contributed by atoms with van der Waals surface area (Å²) in [6.07, 6.45) is 1.62. The van der Waals surface area contributed by atoms with Crippen LogP contribution in [0.3, 0.4) is 0 Å². The molecule has 2 rings (SSSR count). The van der Waals surface area contributed by atoms with Gasteiger partial charge < -0.3 is 0 Å². The van der Waals surface area contributed by atoms with Crippen LogP contribution in [0.5, 0.6) is 0 Å². The van der Waals surface area contributed by atoms with Gasteiger partial charge in [0.05, 0.1) is 0 Å². The SMILES string of the molecule is NNC(Cc1ccsc1)Cc1ccc(F)cc1Br. The highest BCUT2D eigenvalue weighted by Crippen LogP contribution is 2.20. The first-order valence-corrected chi connectivity index (χ1v) is 7.33. The zero-order chi connectivity index (χ0) is 13.0. The number of nitrogens with one attached hydrogen (secondary N) is 1. The third-order valence-corrected chi connectivity index (χ3v) is 4.25. The van der Waals surface area contributed by atoms with Gasteiger partial charge >= 0.3 is 0 Å². The van der Waals surface area contributed by atoms with E-state index in [2.05, 4.69) is 38.2 Å². The molecule has 0 bridgehead atoms. The van der Waals surface area contributed by atoms with Gasteiger partial charge in [-0.05, 0) is 52.9 Å². The molecule has 0 spiro atoms. The normalized spacial score (nSPS) is 12.6. The molecule has 0 aliphatic heterocycles. The van der Waals surface area contributed by atoms with Gasteiger partial charge in [-0.15, -0.1) is 0 Å². The van der Waals surface area contributed by atoms with E-state index in [-0.39, 0.29) is 11.9 Å². The topological polar surface area (TPSA) is 38.0 Å². The van der Waals surface area contributed by atoms with E-state index < -0.39 is 0 Å². The molecule has 1 aromatic carbocycles. The molecular weight excluding hydrogens is 315 g/mol. The molecule has 5 heteroatoms. The van der Waals surface area contributed by atoms with Gasteiger partial charge in [0.2, 0.25) is 0 Å². The second-order valence-corrected chi connectivity index (χ2v) is 5.77. The van der Waals surface area contributed by atoms with Gasteiger partial charge in [0, 0.05) is 10.5 Å². The molecule has 2 aromatic rings.